The van der Waals surface area contributed by atoms with Crippen LogP contribution in [0, 0.1) is 0 Å². The molecule has 5 unspecified atom stereocenters. The van der Waals surface area contributed by atoms with Crippen molar-refractivity contribution in [3.8, 4) is 0 Å². The van der Waals surface area contributed by atoms with Crippen molar-refractivity contribution in [1.29, 1.82) is 0 Å². The van der Waals surface area contributed by atoms with Crippen LogP contribution in [-0.4, -0.2) is 45.9 Å². The van der Waals surface area contributed by atoms with E-state index in [9.17, 15) is 39.2 Å². The molecule has 5 atom stereocenters. The molecule has 3 nitrogen and oxygen atoms in total. The lowest BCUT2D eigenvalue weighted by Gasteiger charge is -2.42. The van der Waals surface area contributed by atoms with Crippen LogP contribution in [-0.2, 0) is 14.3 Å². The van der Waals surface area contributed by atoms with Crippen molar-refractivity contribution >= 4 is 68.1 Å². The molecule has 1 aliphatic heterocycles. The minimum Gasteiger partial charge on any atom is -0.226 e. The van der Waals surface area contributed by atoms with Crippen LogP contribution in [0.2, 0.25) is 0 Å². The molecule has 0 N–H and O–H groups in total. The largest absolute Gasteiger partial charge is 0.420 e. The maximum Gasteiger partial charge on any atom is 0.420 e. The highest BCUT2D eigenvalue weighted by molar-refractivity contribution is 7.89. The van der Waals surface area contributed by atoms with Gasteiger partial charge in [-0.05, 0) is 0 Å². The van der Waals surface area contributed by atoms with Crippen LogP contribution < -0.4 is 0 Å². The van der Waals surface area contributed by atoms with Gasteiger partial charge in [0, 0.05) is 19.3 Å². The normalized spacial score (nSPS) is 33.0. The fraction of sp³-hybridized carbons (Fsp3) is 1.00. The number of rotatable bonds is 9. The standard InChI is InChI=1S/C11H10Cl5F7O3S/c12-5-9(16,20)3-7(14,18)1-6(13,17)2-8(15,19)4-10(21)11(22,23)26-27(10,24)25/h1-5H2. The fourth-order valence-corrected chi connectivity index (χ4v) is 5.27. The molecule has 0 aliphatic carbocycles. The SMILES string of the molecule is O=S1(=O)OC(F)(F)C1(F)CC(F)(Cl)CC(F)(Cl)CC(F)(Cl)CC(F)(Cl)CCl. The van der Waals surface area contributed by atoms with Crippen LogP contribution in [0.1, 0.15) is 25.7 Å². The van der Waals surface area contributed by atoms with E-state index >= 15 is 0 Å². The highest BCUT2D eigenvalue weighted by Crippen LogP contribution is 2.57. The van der Waals surface area contributed by atoms with Gasteiger partial charge < -0.3 is 0 Å². The summed E-state index contributed by atoms with van der Waals surface area (Å²) in [5.41, 5.74) is 0. The van der Waals surface area contributed by atoms with E-state index in [0.717, 1.165) is 0 Å². The third-order valence-electron chi connectivity index (χ3n) is 3.28. The summed E-state index contributed by atoms with van der Waals surface area (Å²) in [5.74, 6) is -0.964. The molecular formula is C11H10Cl5F7O3S. The van der Waals surface area contributed by atoms with E-state index in [1.807, 2.05) is 0 Å². The van der Waals surface area contributed by atoms with Gasteiger partial charge in [-0.15, -0.1) is 11.6 Å². The lowest BCUT2D eigenvalue weighted by molar-refractivity contribution is -0.281. The first-order valence-electron chi connectivity index (χ1n) is 6.69. The number of alkyl halides is 12. The molecule has 0 radical (unpaired) electrons. The third kappa shape index (κ3) is 6.18. The van der Waals surface area contributed by atoms with E-state index in [-0.39, 0.29) is 0 Å². The molecule has 162 valence electrons. The minimum atomic E-state index is -5.57. The Morgan fingerprint density at radius 2 is 1.15 bits per heavy atom. The summed E-state index contributed by atoms with van der Waals surface area (Å²) in [6, 6.07) is 0. The Balaban J connectivity index is 2.91. The van der Waals surface area contributed by atoms with Gasteiger partial charge in [-0.1, -0.05) is 46.4 Å². The molecular weight excluding hydrogens is 522 g/mol. The molecule has 0 amide bonds. The summed E-state index contributed by atoms with van der Waals surface area (Å²) in [4.78, 5) is 0. The molecule has 0 aromatic heterocycles. The first-order chi connectivity index (χ1) is 11.6. The van der Waals surface area contributed by atoms with Crippen LogP contribution in [0.15, 0.2) is 0 Å². The van der Waals surface area contributed by atoms with Crippen molar-refractivity contribution in [1.82, 2.24) is 0 Å². The van der Waals surface area contributed by atoms with Crippen LogP contribution in [0.4, 0.5) is 30.7 Å². The summed E-state index contributed by atoms with van der Waals surface area (Å²) in [6.07, 6.45) is -12.3. The molecule has 27 heavy (non-hydrogen) atoms. The predicted molar refractivity (Wildman–Crippen MR) is 86.7 cm³/mol. The molecule has 16 heteroatoms. The van der Waals surface area contributed by atoms with E-state index in [1.54, 1.807) is 0 Å². The minimum absolute atomic E-state index is 0.964. The third-order valence-corrected chi connectivity index (χ3v) is 6.51. The van der Waals surface area contributed by atoms with E-state index in [4.69, 9.17) is 58.0 Å². The summed E-state index contributed by atoms with van der Waals surface area (Å²) in [6.45, 7) is 0. The van der Waals surface area contributed by atoms with Gasteiger partial charge in [0.25, 0.3) is 0 Å². The second-order valence-corrected chi connectivity index (χ2v) is 10.7. The number of hydrogen-bond donors (Lipinski definition) is 0. The van der Waals surface area contributed by atoms with Crippen molar-refractivity contribution < 1.29 is 43.3 Å². The zero-order chi connectivity index (χ0) is 21.7. The molecule has 0 aromatic rings. The van der Waals surface area contributed by atoms with Crippen LogP contribution >= 0.6 is 58.0 Å². The summed E-state index contributed by atoms with van der Waals surface area (Å²) < 4.78 is 121. The van der Waals surface area contributed by atoms with Gasteiger partial charge >= 0.3 is 21.2 Å². The first-order valence-corrected chi connectivity index (χ1v) is 10.1. The Hall–Kier alpha value is 0.870. The monoisotopic (exact) mass is 530 g/mol. The molecule has 0 aromatic carbocycles. The second kappa shape index (κ2) is 7.53. The Morgan fingerprint density at radius 3 is 1.48 bits per heavy atom. The maximum absolute atomic E-state index is 14.3. The molecule has 1 rings (SSSR count). The predicted octanol–water partition coefficient (Wildman–Crippen LogP) is 6.02. The summed E-state index contributed by atoms with van der Waals surface area (Å²) in [5, 5.41) is -18.3. The zero-order valence-corrected chi connectivity index (χ0v) is 17.3. The Labute approximate surface area is 174 Å². The van der Waals surface area contributed by atoms with Crippen molar-refractivity contribution in [2.75, 3.05) is 5.88 Å². The van der Waals surface area contributed by atoms with Gasteiger partial charge in [-0.2, -0.15) is 21.4 Å². The highest BCUT2D eigenvalue weighted by Gasteiger charge is 2.80. The van der Waals surface area contributed by atoms with Gasteiger partial charge in [0.15, 0.2) is 15.4 Å². The Bertz CT molecular complexity index is 673. The molecule has 1 saturated heterocycles. The summed E-state index contributed by atoms with van der Waals surface area (Å²) >= 11 is 25.8. The van der Waals surface area contributed by atoms with Crippen molar-refractivity contribution in [3.63, 3.8) is 0 Å². The molecule has 0 saturated carbocycles. The molecule has 1 heterocycles. The Morgan fingerprint density at radius 1 is 0.778 bits per heavy atom. The van der Waals surface area contributed by atoms with Crippen molar-refractivity contribution in [2.24, 2.45) is 0 Å². The lowest BCUT2D eigenvalue weighted by Crippen LogP contribution is -2.66. The van der Waals surface area contributed by atoms with Gasteiger partial charge in [0.05, 0.1) is 12.3 Å². The van der Waals surface area contributed by atoms with Crippen molar-refractivity contribution in [3.05, 3.63) is 0 Å². The highest BCUT2D eigenvalue weighted by atomic mass is 35.5. The van der Waals surface area contributed by atoms with Gasteiger partial charge in [-0.3, -0.25) is 0 Å². The van der Waals surface area contributed by atoms with Gasteiger partial charge in [0.1, 0.15) is 0 Å². The average Bonchev–Trinajstić information content (AvgIpc) is 2.31. The first kappa shape index (κ1) is 25.9. The van der Waals surface area contributed by atoms with Crippen molar-refractivity contribution in [2.45, 2.75) is 57.3 Å². The van der Waals surface area contributed by atoms with E-state index in [1.165, 1.54) is 0 Å². The van der Waals surface area contributed by atoms with E-state index < -0.39 is 73.3 Å². The fourth-order valence-electron chi connectivity index (χ4n) is 2.27. The second-order valence-electron chi connectivity index (χ2n) is 6.05. The molecule has 0 spiro atoms. The average molecular weight is 533 g/mol. The zero-order valence-electron chi connectivity index (χ0n) is 12.7. The smallest absolute Gasteiger partial charge is 0.226 e. The van der Waals surface area contributed by atoms with Crippen LogP contribution in [0.3, 0.4) is 0 Å². The molecule has 0 bridgehead atoms. The topological polar surface area (TPSA) is 43.4 Å². The lowest BCUT2D eigenvalue weighted by atomic mass is 10.00. The molecule has 1 fully saturated rings. The number of halogens is 12. The number of hydrogen-bond acceptors (Lipinski definition) is 3. The van der Waals surface area contributed by atoms with Crippen LogP contribution in [0.5, 0.6) is 0 Å². The molecule has 1 aliphatic rings. The van der Waals surface area contributed by atoms with Gasteiger partial charge in [0.2, 0.25) is 5.13 Å². The quantitative estimate of drug-likeness (QED) is 0.207. The Kier molecular flexibility index (Phi) is 7.22. The van der Waals surface area contributed by atoms with Gasteiger partial charge in [-0.25, -0.2) is 22.0 Å². The van der Waals surface area contributed by atoms with E-state index in [2.05, 4.69) is 4.18 Å². The van der Waals surface area contributed by atoms with E-state index in [0.29, 0.717) is 0 Å². The maximum atomic E-state index is 14.3. The summed E-state index contributed by atoms with van der Waals surface area (Å²) in [7, 11) is -5.57. The van der Waals surface area contributed by atoms with Crippen LogP contribution in [0.25, 0.3) is 0 Å².